The highest BCUT2D eigenvalue weighted by Crippen LogP contribution is 2.29. The van der Waals surface area contributed by atoms with Crippen LogP contribution in [0.1, 0.15) is 10.4 Å². The number of nitrogens with one attached hydrogen (secondary N) is 2. The minimum atomic E-state index is -4.51. The standard InChI is InChI=1S/C29H33F3N10O3/c1-39(2)12-13-40(3)27(43)20-6-10-22(11-7-20)34-28(44)33-21-8-4-19(5-9-21)24-35-25(41-14-16-45-17-15-41)23-26(36-24)42(38-37-23)18-29(30,31)32/h4-11H,12-18H2,1-3H3,(H2,33,34,44). The Bertz CT molecular complexity index is 1640. The van der Waals surface area contributed by atoms with E-state index in [0.717, 1.165) is 11.2 Å². The zero-order chi connectivity index (χ0) is 32.1. The van der Waals surface area contributed by atoms with Crippen molar-refractivity contribution in [3.8, 4) is 11.4 Å². The van der Waals surface area contributed by atoms with Gasteiger partial charge in [-0.1, -0.05) is 5.21 Å². The first-order valence-corrected chi connectivity index (χ1v) is 14.2. The second kappa shape index (κ2) is 13.4. The SMILES string of the molecule is CN(C)CCN(C)C(=O)c1ccc(NC(=O)Nc2ccc(-c3nc(N4CCOCC4)c4nnn(CC(F)(F)F)c4n3)cc2)cc1. The number of anilines is 3. The number of halogens is 3. The van der Waals surface area contributed by atoms with Gasteiger partial charge in [-0.2, -0.15) is 13.2 Å². The van der Waals surface area contributed by atoms with Crippen LogP contribution in [-0.2, 0) is 11.3 Å². The van der Waals surface area contributed by atoms with Crippen LogP contribution in [0.3, 0.4) is 0 Å². The molecule has 0 bridgehead atoms. The predicted octanol–water partition coefficient (Wildman–Crippen LogP) is 3.56. The van der Waals surface area contributed by atoms with Crippen LogP contribution in [0.25, 0.3) is 22.6 Å². The molecule has 0 aliphatic carbocycles. The molecular formula is C29H33F3N10O3. The van der Waals surface area contributed by atoms with Gasteiger partial charge in [0.1, 0.15) is 6.54 Å². The number of morpholine rings is 1. The second-order valence-electron chi connectivity index (χ2n) is 10.8. The maximum Gasteiger partial charge on any atom is 0.408 e. The Morgan fingerprint density at radius 1 is 0.911 bits per heavy atom. The Labute approximate surface area is 257 Å². The van der Waals surface area contributed by atoms with Gasteiger partial charge in [-0.25, -0.2) is 19.4 Å². The zero-order valence-electron chi connectivity index (χ0n) is 25.0. The van der Waals surface area contributed by atoms with Gasteiger partial charge in [0.2, 0.25) is 0 Å². The summed E-state index contributed by atoms with van der Waals surface area (Å²) in [4.78, 5) is 39.8. The molecule has 0 saturated carbocycles. The molecule has 1 aliphatic rings. The summed E-state index contributed by atoms with van der Waals surface area (Å²) >= 11 is 0. The minimum Gasteiger partial charge on any atom is -0.378 e. The van der Waals surface area contributed by atoms with Gasteiger partial charge in [0.15, 0.2) is 22.8 Å². The fourth-order valence-electron chi connectivity index (χ4n) is 4.61. The van der Waals surface area contributed by atoms with Crippen LogP contribution in [0.2, 0.25) is 0 Å². The molecule has 0 spiro atoms. The normalized spacial score (nSPS) is 13.7. The maximum absolute atomic E-state index is 13.2. The molecule has 0 atom stereocenters. The first kappa shape index (κ1) is 31.6. The topological polar surface area (TPSA) is 134 Å². The number of benzene rings is 2. The van der Waals surface area contributed by atoms with Gasteiger partial charge < -0.3 is 30.1 Å². The summed E-state index contributed by atoms with van der Waals surface area (Å²) in [5.74, 6) is 0.447. The maximum atomic E-state index is 13.2. The number of hydrogen-bond donors (Lipinski definition) is 2. The second-order valence-corrected chi connectivity index (χ2v) is 10.8. The van der Waals surface area contributed by atoms with Crippen molar-refractivity contribution in [2.24, 2.45) is 0 Å². The Hall–Kier alpha value is -4.83. The molecule has 4 aromatic rings. The van der Waals surface area contributed by atoms with Crippen LogP contribution in [0, 0.1) is 0 Å². The summed E-state index contributed by atoms with van der Waals surface area (Å²) in [5.41, 5.74) is 2.13. The third-order valence-corrected chi connectivity index (χ3v) is 7.00. The summed E-state index contributed by atoms with van der Waals surface area (Å²) in [7, 11) is 5.62. The number of carbonyl (C=O) groups excluding carboxylic acids is 2. The zero-order valence-corrected chi connectivity index (χ0v) is 25.0. The van der Waals surface area contributed by atoms with Crippen molar-refractivity contribution in [2.75, 3.05) is 76.1 Å². The van der Waals surface area contributed by atoms with Gasteiger partial charge >= 0.3 is 12.2 Å². The number of likely N-dealkylation sites (N-methyl/N-ethyl adjacent to an activating group) is 2. The van der Waals surface area contributed by atoms with Crippen molar-refractivity contribution in [1.82, 2.24) is 34.8 Å². The largest absolute Gasteiger partial charge is 0.408 e. The summed E-state index contributed by atoms with van der Waals surface area (Å²) < 4.78 is 45.8. The third kappa shape index (κ3) is 8.02. The predicted molar refractivity (Wildman–Crippen MR) is 162 cm³/mol. The number of urea groups is 1. The van der Waals surface area contributed by atoms with E-state index in [0.29, 0.717) is 61.2 Å². The Balaban J connectivity index is 1.28. The van der Waals surface area contributed by atoms with Gasteiger partial charge in [-0.15, -0.1) is 5.10 Å². The molecule has 13 nitrogen and oxygen atoms in total. The minimum absolute atomic E-state index is 0.0340. The fraction of sp³-hybridized carbons (Fsp3) is 0.379. The van der Waals surface area contributed by atoms with E-state index < -0.39 is 18.8 Å². The summed E-state index contributed by atoms with van der Waals surface area (Å²) in [5, 5.41) is 13.1. The molecule has 2 aromatic heterocycles. The fourth-order valence-corrected chi connectivity index (χ4v) is 4.61. The van der Waals surface area contributed by atoms with Crippen molar-refractivity contribution in [2.45, 2.75) is 12.7 Å². The number of nitrogens with zero attached hydrogens (tertiary/aromatic N) is 8. The van der Waals surface area contributed by atoms with E-state index in [4.69, 9.17) is 4.74 Å². The lowest BCUT2D eigenvalue weighted by molar-refractivity contribution is -0.142. The lowest BCUT2D eigenvalue weighted by Gasteiger charge is -2.28. The molecule has 1 aliphatic heterocycles. The lowest BCUT2D eigenvalue weighted by Crippen LogP contribution is -2.37. The van der Waals surface area contributed by atoms with Gasteiger partial charge in [-0.05, 0) is 62.6 Å². The van der Waals surface area contributed by atoms with Crippen molar-refractivity contribution >= 4 is 40.3 Å². The van der Waals surface area contributed by atoms with E-state index in [1.807, 2.05) is 23.9 Å². The molecular weight excluding hydrogens is 593 g/mol. The smallest absolute Gasteiger partial charge is 0.378 e. The Kier molecular flexibility index (Phi) is 9.43. The summed E-state index contributed by atoms with van der Waals surface area (Å²) in [6.45, 7) is 1.85. The molecule has 0 unspecified atom stereocenters. The quantitative estimate of drug-likeness (QED) is 0.286. The number of fused-ring (bicyclic) bond motifs is 1. The van der Waals surface area contributed by atoms with Gasteiger partial charge in [-0.3, -0.25) is 4.79 Å². The number of hydrogen-bond acceptors (Lipinski definition) is 9. The average molecular weight is 627 g/mol. The molecule has 5 rings (SSSR count). The van der Waals surface area contributed by atoms with Crippen molar-refractivity contribution in [3.63, 3.8) is 0 Å². The number of aromatic nitrogens is 5. The Morgan fingerprint density at radius 2 is 1.53 bits per heavy atom. The van der Waals surface area contributed by atoms with Crippen LogP contribution < -0.4 is 15.5 Å². The number of alkyl halides is 3. The highest BCUT2D eigenvalue weighted by molar-refractivity contribution is 6.00. The molecule has 1 fully saturated rings. The van der Waals surface area contributed by atoms with E-state index in [2.05, 4.69) is 30.9 Å². The van der Waals surface area contributed by atoms with Gasteiger partial charge in [0.25, 0.3) is 5.91 Å². The summed E-state index contributed by atoms with van der Waals surface area (Å²) in [6, 6.07) is 12.7. The number of amides is 3. The highest BCUT2D eigenvalue weighted by Gasteiger charge is 2.31. The van der Waals surface area contributed by atoms with Crippen LogP contribution in [-0.4, -0.2) is 113 Å². The van der Waals surface area contributed by atoms with E-state index in [-0.39, 0.29) is 22.9 Å². The summed E-state index contributed by atoms with van der Waals surface area (Å²) in [6.07, 6.45) is -4.51. The van der Waals surface area contributed by atoms with Crippen molar-refractivity contribution in [3.05, 3.63) is 54.1 Å². The molecule has 2 N–H and O–H groups in total. The van der Waals surface area contributed by atoms with E-state index in [1.165, 1.54) is 0 Å². The molecule has 1 saturated heterocycles. The lowest BCUT2D eigenvalue weighted by atomic mass is 10.2. The van der Waals surface area contributed by atoms with Crippen LogP contribution in [0.15, 0.2) is 48.5 Å². The molecule has 238 valence electrons. The van der Waals surface area contributed by atoms with E-state index >= 15 is 0 Å². The average Bonchev–Trinajstić information content (AvgIpc) is 3.41. The first-order chi connectivity index (χ1) is 21.5. The van der Waals surface area contributed by atoms with Gasteiger partial charge in [0, 0.05) is 55.7 Å². The van der Waals surface area contributed by atoms with E-state index in [9.17, 15) is 22.8 Å². The van der Waals surface area contributed by atoms with Crippen LogP contribution >= 0.6 is 0 Å². The number of ether oxygens (including phenoxy) is 1. The van der Waals surface area contributed by atoms with Crippen LogP contribution in [0.4, 0.5) is 35.2 Å². The molecule has 3 amide bonds. The first-order valence-electron chi connectivity index (χ1n) is 14.2. The molecule has 3 heterocycles. The Morgan fingerprint density at radius 3 is 2.13 bits per heavy atom. The van der Waals surface area contributed by atoms with Crippen molar-refractivity contribution < 1.29 is 27.5 Å². The van der Waals surface area contributed by atoms with Crippen molar-refractivity contribution in [1.29, 1.82) is 0 Å². The number of rotatable bonds is 9. The molecule has 2 aromatic carbocycles. The van der Waals surface area contributed by atoms with E-state index in [1.54, 1.807) is 60.5 Å². The highest BCUT2D eigenvalue weighted by atomic mass is 19.4. The third-order valence-electron chi connectivity index (χ3n) is 7.00. The molecule has 45 heavy (non-hydrogen) atoms. The van der Waals surface area contributed by atoms with Crippen LogP contribution in [0.5, 0.6) is 0 Å². The molecule has 16 heteroatoms. The molecule has 0 radical (unpaired) electrons. The van der Waals surface area contributed by atoms with Gasteiger partial charge in [0.05, 0.1) is 13.2 Å². The monoisotopic (exact) mass is 626 g/mol. The number of carbonyl (C=O) groups is 2.